The number of anilines is 1. The van der Waals surface area contributed by atoms with Gasteiger partial charge in [-0.3, -0.25) is 10.1 Å². The molecule has 1 aromatic heterocycles. The summed E-state index contributed by atoms with van der Waals surface area (Å²) in [5.41, 5.74) is 10.2. The Morgan fingerprint density at radius 3 is 2.63 bits per heavy atom. The zero-order chi connectivity index (χ0) is 20.4. The molecular formula is C18H21N3O4SSi. The lowest BCUT2D eigenvalue weighted by Gasteiger charge is -2.07. The number of rotatable bonds is 4. The summed E-state index contributed by atoms with van der Waals surface area (Å²) >= 11 is 1.10. The van der Waals surface area contributed by atoms with E-state index in [9.17, 15) is 14.9 Å². The molecule has 27 heavy (non-hydrogen) atoms. The predicted molar refractivity (Wildman–Crippen MR) is 110 cm³/mol. The number of carbonyl (C=O) groups is 1. The Balaban J connectivity index is 2.58. The molecule has 2 N–H and O–H groups in total. The average molecular weight is 404 g/mol. The van der Waals surface area contributed by atoms with Gasteiger partial charge in [-0.05, 0) is 26.0 Å². The molecule has 0 unspecified atom stereocenters. The van der Waals surface area contributed by atoms with E-state index >= 15 is 0 Å². The largest absolute Gasteiger partial charge is 0.462 e. The number of benzene rings is 1. The molecule has 0 aliphatic carbocycles. The molecule has 0 fully saturated rings. The summed E-state index contributed by atoms with van der Waals surface area (Å²) in [5, 5.41) is 12.0. The first-order valence-corrected chi connectivity index (χ1v) is 12.6. The van der Waals surface area contributed by atoms with E-state index in [-0.39, 0.29) is 23.5 Å². The quantitative estimate of drug-likeness (QED) is 0.206. The van der Waals surface area contributed by atoms with Crippen molar-refractivity contribution in [1.29, 1.82) is 0 Å². The minimum atomic E-state index is -1.70. The summed E-state index contributed by atoms with van der Waals surface area (Å²) in [6.07, 6.45) is 0. The Hall–Kier alpha value is -2.70. The molecule has 0 saturated carbocycles. The van der Waals surface area contributed by atoms with E-state index in [0.29, 0.717) is 21.1 Å². The van der Waals surface area contributed by atoms with Crippen LogP contribution in [0, 0.1) is 28.5 Å². The lowest BCUT2D eigenvalue weighted by Crippen LogP contribution is -2.16. The number of nitrogens with two attached hydrogens (primary N) is 1. The molecule has 0 bridgehead atoms. The molecule has 0 atom stereocenters. The maximum atomic E-state index is 12.0. The van der Waals surface area contributed by atoms with Crippen LogP contribution in [0.4, 0.5) is 11.4 Å². The van der Waals surface area contributed by atoms with Crippen molar-refractivity contribution in [2.75, 3.05) is 12.3 Å². The minimum Gasteiger partial charge on any atom is -0.462 e. The van der Waals surface area contributed by atoms with Crippen molar-refractivity contribution in [3.8, 4) is 22.0 Å². The van der Waals surface area contributed by atoms with Crippen LogP contribution in [0.25, 0.3) is 10.6 Å². The number of hydrogen-bond donors (Lipinski definition) is 1. The summed E-state index contributed by atoms with van der Waals surface area (Å²) < 4.78 is 5.01. The SMILES string of the molecule is CCOC(=O)c1sc(-c2ccc(C#C[Si](C)(C)C)c([N+](=O)[O-])c2N)nc1C. The highest BCUT2D eigenvalue weighted by Gasteiger charge is 2.25. The smallest absolute Gasteiger partial charge is 0.350 e. The normalized spacial score (nSPS) is 10.9. The van der Waals surface area contributed by atoms with E-state index in [1.54, 1.807) is 26.0 Å². The van der Waals surface area contributed by atoms with Gasteiger partial charge in [-0.25, -0.2) is 9.78 Å². The monoisotopic (exact) mass is 403 g/mol. The molecule has 7 nitrogen and oxygen atoms in total. The van der Waals surface area contributed by atoms with Crippen molar-refractivity contribution in [1.82, 2.24) is 4.98 Å². The van der Waals surface area contributed by atoms with Gasteiger partial charge in [0.2, 0.25) is 0 Å². The Morgan fingerprint density at radius 1 is 1.41 bits per heavy atom. The number of nitro groups is 1. The van der Waals surface area contributed by atoms with Crippen LogP contribution in [0.2, 0.25) is 19.6 Å². The van der Waals surface area contributed by atoms with Crippen LogP contribution in [0.15, 0.2) is 12.1 Å². The first kappa shape index (κ1) is 20.6. The summed E-state index contributed by atoms with van der Waals surface area (Å²) in [6.45, 7) is 9.82. The van der Waals surface area contributed by atoms with E-state index in [4.69, 9.17) is 10.5 Å². The maximum Gasteiger partial charge on any atom is 0.350 e. The summed E-state index contributed by atoms with van der Waals surface area (Å²) in [7, 11) is -1.70. The number of esters is 1. The van der Waals surface area contributed by atoms with Crippen molar-refractivity contribution in [3.63, 3.8) is 0 Å². The molecule has 2 aromatic rings. The molecule has 0 radical (unpaired) electrons. The highest BCUT2D eigenvalue weighted by atomic mass is 32.1. The Morgan fingerprint density at radius 2 is 2.07 bits per heavy atom. The third kappa shape index (κ3) is 4.72. The van der Waals surface area contributed by atoms with Gasteiger partial charge >= 0.3 is 11.7 Å². The number of aryl methyl sites for hydroxylation is 1. The van der Waals surface area contributed by atoms with Crippen molar-refractivity contribution >= 4 is 36.8 Å². The topological polar surface area (TPSA) is 108 Å². The number of hydrogen-bond acceptors (Lipinski definition) is 7. The van der Waals surface area contributed by atoms with E-state index in [2.05, 4.69) is 36.1 Å². The first-order valence-electron chi connectivity index (χ1n) is 8.30. The van der Waals surface area contributed by atoms with Gasteiger partial charge in [0.1, 0.15) is 29.2 Å². The Kier molecular flexibility index (Phi) is 6.03. The highest BCUT2D eigenvalue weighted by molar-refractivity contribution is 7.17. The molecular weight excluding hydrogens is 382 g/mol. The first-order chi connectivity index (χ1) is 12.5. The number of thiazole rings is 1. The number of nitrogens with zero attached hydrogens (tertiary/aromatic N) is 2. The second kappa shape index (κ2) is 7.90. The van der Waals surface area contributed by atoms with Crippen LogP contribution in [0.3, 0.4) is 0 Å². The zero-order valence-corrected chi connectivity index (χ0v) is 17.7. The van der Waals surface area contributed by atoms with Crippen LogP contribution in [0.5, 0.6) is 0 Å². The van der Waals surface area contributed by atoms with Crippen molar-refractivity contribution in [3.05, 3.63) is 38.4 Å². The fourth-order valence-electron chi connectivity index (χ4n) is 2.24. The molecule has 0 amide bonds. The van der Waals surface area contributed by atoms with E-state index in [0.717, 1.165) is 11.3 Å². The van der Waals surface area contributed by atoms with Crippen molar-refractivity contribution in [2.24, 2.45) is 0 Å². The van der Waals surface area contributed by atoms with Gasteiger partial charge in [0.15, 0.2) is 0 Å². The molecule has 142 valence electrons. The minimum absolute atomic E-state index is 0.00784. The highest BCUT2D eigenvalue weighted by Crippen LogP contribution is 2.38. The maximum absolute atomic E-state index is 12.0. The Labute approximate surface area is 162 Å². The molecule has 0 saturated heterocycles. The molecule has 1 heterocycles. The van der Waals surface area contributed by atoms with Crippen LogP contribution >= 0.6 is 11.3 Å². The summed E-state index contributed by atoms with van der Waals surface area (Å²) in [6, 6.07) is 3.24. The van der Waals surface area contributed by atoms with Crippen LogP contribution in [0.1, 0.15) is 27.9 Å². The lowest BCUT2D eigenvalue weighted by atomic mass is 10.1. The molecule has 9 heteroatoms. The summed E-state index contributed by atoms with van der Waals surface area (Å²) in [4.78, 5) is 27.8. The molecule has 0 spiro atoms. The van der Waals surface area contributed by atoms with Crippen LogP contribution in [-0.2, 0) is 4.74 Å². The van der Waals surface area contributed by atoms with Gasteiger partial charge in [-0.1, -0.05) is 25.6 Å². The Bertz CT molecular complexity index is 967. The predicted octanol–water partition coefficient (Wildman–Crippen LogP) is 4.01. The third-order valence-corrected chi connectivity index (χ3v) is 5.51. The second-order valence-electron chi connectivity index (χ2n) is 6.83. The lowest BCUT2D eigenvalue weighted by molar-refractivity contribution is -0.384. The second-order valence-corrected chi connectivity index (χ2v) is 12.6. The molecule has 0 aliphatic rings. The number of aromatic nitrogens is 1. The molecule has 2 rings (SSSR count). The number of carbonyl (C=O) groups excluding carboxylic acids is 1. The van der Waals surface area contributed by atoms with Gasteiger partial charge in [0.25, 0.3) is 0 Å². The van der Waals surface area contributed by atoms with E-state index < -0.39 is 19.0 Å². The van der Waals surface area contributed by atoms with Gasteiger partial charge < -0.3 is 10.5 Å². The fraction of sp³-hybridized carbons (Fsp3) is 0.333. The van der Waals surface area contributed by atoms with Crippen molar-refractivity contribution < 1.29 is 14.5 Å². The van der Waals surface area contributed by atoms with Gasteiger partial charge in [-0.15, -0.1) is 16.9 Å². The number of nitro benzene ring substituents is 1. The number of nitrogen functional groups attached to an aromatic ring is 1. The third-order valence-electron chi connectivity index (χ3n) is 3.46. The van der Waals surface area contributed by atoms with Crippen LogP contribution < -0.4 is 5.73 Å². The van der Waals surface area contributed by atoms with Gasteiger partial charge in [-0.2, -0.15) is 0 Å². The van der Waals surface area contributed by atoms with Gasteiger partial charge in [0, 0.05) is 5.56 Å². The standard InChI is InChI=1S/C18H21N3O4SSi/c1-6-25-18(22)16-11(2)20-17(26-16)13-8-7-12(9-10-27(3,4)5)15(14(13)19)21(23)24/h7-8H,6,19H2,1-5H3. The zero-order valence-electron chi connectivity index (χ0n) is 15.9. The molecule has 1 aromatic carbocycles. The van der Waals surface area contributed by atoms with Gasteiger partial charge in [0.05, 0.1) is 17.2 Å². The summed E-state index contributed by atoms with van der Waals surface area (Å²) in [5.74, 6) is 2.44. The molecule has 0 aliphatic heterocycles. The van der Waals surface area contributed by atoms with Crippen molar-refractivity contribution in [2.45, 2.75) is 33.5 Å². The van der Waals surface area contributed by atoms with E-state index in [1.807, 2.05) is 0 Å². The fourth-order valence-corrected chi connectivity index (χ4v) is 3.75. The average Bonchev–Trinajstić information content (AvgIpc) is 2.93. The number of ether oxygens (including phenoxy) is 1. The van der Waals surface area contributed by atoms with Crippen LogP contribution in [-0.4, -0.2) is 30.6 Å². The van der Waals surface area contributed by atoms with E-state index in [1.165, 1.54) is 0 Å².